The van der Waals surface area contributed by atoms with Gasteiger partial charge in [-0.1, -0.05) is 18.2 Å². The fourth-order valence-electron chi connectivity index (χ4n) is 3.84. The average Bonchev–Trinajstić information content (AvgIpc) is 3.17. The fourth-order valence-corrected chi connectivity index (χ4v) is 4.90. The smallest absolute Gasteiger partial charge is 0.227 e. The van der Waals surface area contributed by atoms with Crippen molar-refractivity contribution in [2.45, 2.75) is 37.0 Å². The molecule has 0 radical (unpaired) electrons. The van der Waals surface area contributed by atoms with E-state index in [-0.39, 0.29) is 12.3 Å². The van der Waals surface area contributed by atoms with E-state index in [1.807, 2.05) is 35.5 Å². The van der Waals surface area contributed by atoms with Crippen LogP contribution >= 0.6 is 0 Å². The summed E-state index contributed by atoms with van der Waals surface area (Å²) in [6.45, 7) is 7.16. The van der Waals surface area contributed by atoms with Gasteiger partial charge in [0.1, 0.15) is 5.65 Å². The predicted molar refractivity (Wildman–Crippen MR) is 120 cm³/mol. The second-order valence-corrected chi connectivity index (χ2v) is 10.8. The molecule has 1 aromatic carbocycles. The van der Waals surface area contributed by atoms with E-state index in [0.29, 0.717) is 18.0 Å². The van der Waals surface area contributed by atoms with Crippen LogP contribution in [0.3, 0.4) is 0 Å². The molecule has 1 aliphatic heterocycles. The van der Waals surface area contributed by atoms with Gasteiger partial charge in [-0.15, -0.1) is 0 Å². The van der Waals surface area contributed by atoms with Crippen LogP contribution in [0.5, 0.6) is 0 Å². The Labute approximate surface area is 183 Å². The minimum Gasteiger partial charge on any atom is -0.340 e. The number of aromatic nitrogens is 2. The number of fused-ring (bicyclic) bond motifs is 1. The number of piperazine rings is 1. The average molecular weight is 441 g/mol. The van der Waals surface area contributed by atoms with Gasteiger partial charge in [-0.05, 0) is 43.7 Å². The molecule has 0 atom stereocenters. The van der Waals surface area contributed by atoms with Gasteiger partial charge in [0.15, 0.2) is 9.84 Å². The molecule has 2 aromatic heterocycles. The lowest BCUT2D eigenvalue weighted by molar-refractivity contribution is -0.132. The molecule has 1 saturated heterocycles. The van der Waals surface area contributed by atoms with Crippen molar-refractivity contribution in [1.82, 2.24) is 19.2 Å². The molecule has 0 unspecified atom stereocenters. The molecule has 0 spiro atoms. The number of imidazole rings is 1. The van der Waals surface area contributed by atoms with Crippen LogP contribution in [0.4, 0.5) is 0 Å². The monoisotopic (exact) mass is 440 g/mol. The van der Waals surface area contributed by atoms with Crippen LogP contribution in [0.15, 0.2) is 59.8 Å². The van der Waals surface area contributed by atoms with E-state index in [2.05, 4.69) is 14.3 Å². The van der Waals surface area contributed by atoms with E-state index >= 15 is 0 Å². The lowest BCUT2D eigenvalue weighted by atomic mass is 10.1. The quantitative estimate of drug-likeness (QED) is 0.588. The first kappa shape index (κ1) is 21.5. The van der Waals surface area contributed by atoms with Crippen LogP contribution in [-0.4, -0.2) is 64.9 Å². The highest BCUT2D eigenvalue weighted by Crippen LogP contribution is 2.17. The molecule has 0 aliphatic carbocycles. The third-order valence-corrected chi connectivity index (χ3v) is 8.00. The lowest BCUT2D eigenvalue weighted by Crippen LogP contribution is -2.48. The fraction of sp³-hybridized carbons (Fsp3) is 0.391. The molecule has 31 heavy (non-hydrogen) atoms. The van der Waals surface area contributed by atoms with Crippen LogP contribution in [0, 0.1) is 0 Å². The van der Waals surface area contributed by atoms with Gasteiger partial charge < -0.3 is 9.30 Å². The Hall–Kier alpha value is -2.71. The van der Waals surface area contributed by atoms with Crippen LogP contribution in [0.2, 0.25) is 0 Å². The van der Waals surface area contributed by atoms with Crippen molar-refractivity contribution in [3.05, 3.63) is 66.1 Å². The van der Waals surface area contributed by atoms with Gasteiger partial charge >= 0.3 is 0 Å². The molecule has 0 bridgehead atoms. The normalized spacial score (nSPS) is 15.6. The van der Waals surface area contributed by atoms with E-state index < -0.39 is 15.1 Å². The highest BCUT2D eigenvalue weighted by atomic mass is 32.2. The van der Waals surface area contributed by atoms with Gasteiger partial charge in [0, 0.05) is 38.9 Å². The van der Waals surface area contributed by atoms with Gasteiger partial charge in [0.05, 0.1) is 28.5 Å². The zero-order valence-corrected chi connectivity index (χ0v) is 18.8. The first-order chi connectivity index (χ1) is 14.8. The number of hydrogen-bond acceptors (Lipinski definition) is 5. The van der Waals surface area contributed by atoms with Gasteiger partial charge in [-0.25, -0.2) is 13.4 Å². The van der Waals surface area contributed by atoms with E-state index in [1.165, 1.54) is 0 Å². The molecule has 1 fully saturated rings. The summed E-state index contributed by atoms with van der Waals surface area (Å²) in [4.78, 5) is 21.7. The van der Waals surface area contributed by atoms with Crippen molar-refractivity contribution in [3.63, 3.8) is 0 Å². The number of nitrogens with zero attached hydrogens (tertiary/aromatic N) is 4. The number of hydrogen-bond donors (Lipinski definition) is 0. The van der Waals surface area contributed by atoms with E-state index in [4.69, 9.17) is 0 Å². The Kier molecular flexibility index (Phi) is 6.11. The standard InChI is InChI=1S/C23H28N4O3S/c1-18(2)31(29,30)21-8-6-19(7-9-21)15-23(28)26-13-11-25(12-14-26)17-20-16-24-22-5-3-4-10-27(20)22/h3-10,16,18H,11-15,17H2,1-2H3. The number of sulfone groups is 1. The maximum absolute atomic E-state index is 12.7. The third kappa shape index (κ3) is 4.65. The van der Waals surface area contributed by atoms with E-state index in [9.17, 15) is 13.2 Å². The van der Waals surface area contributed by atoms with E-state index in [0.717, 1.165) is 36.5 Å². The molecule has 0 N–H and O–H groups in total. The van der Waals surface area contributed by atoms with Crippen LogP contribution in [-0.2, 0) is 27.6 Å². The van der Waals surface area contributed by atoms with E-state index in [1.54, 1.807) is 38.1 Å². The third-order valence-electron chi connectivity index (χ3n) is 5.83. The molecular formula is C23H28N4O3S. The molecule has 3 aromatic rings. The van der Waals surface area contributed by atoms with Gasteiger partial charge in [-0.3, -0.25) is 9.69 Å². The lowest BCUT2D eigenvalue weighted by Gasteiger charge is -2.34. The van der Waals surface area contributed by atoms with Crippen molar-refractivity contribution in [3.8, 4) is 0 Å². The van der Waals surface area contributed by atoms with Crippen molar-refractivity contribution in [1.29, 1.82) is 0 Å². The number of rotatable bonds is 6. The summed E-state index contributed by atoms with van der Waals surface area (Å²) in [5.41, 5.74) is 2.92. The zero-order chi connectivity index (χ0) is 22.0. The Balaban J connectivity index is 1.31. The summed E-state index contributed by atoms with van der Waals surface area (Å²) in [7, 11) is -3.29. The molecule has 3 heterocycles. The Morgan fingerprint density at radius 1 is 1.03 bits per heavy atom. The molecule has 8 heteroatoms. The predicted octanol–water partition coefficient (Wildman–Crippen LogP) is 2.40. The van der Waals surface area contributed by atoms with Crippen molar-refractivity contribution >= 4 is 21.4 Å². The van der Waals surface area contributed by atoms with Crippen molar-refractivity contribution < 1.29 is 13.2 Å². The number of carbonyl (C=O) groups is 1. The Bertz CT molecular complexity index is 1160. The summed E-state index contributed by atoms with van der Waals surface area (Å²) in [5, 5.41) is -0.461. The highest BCUT2D eigenvalue weighted by molar-refractivity contribution is 7.92. The first-order valence-electron chi connectivity index (χ1n) is 10.6. The SMILES string of the molecule is CC(C)S(=O)(=O)c1ccc(CC(=O)N2CCN(Cc3cnc4ccccn34)CC2)cc1. The zero-order valence-electron chi connectivity index (χ0n) is 17.9. The molecule has 0 saturated carbocycles. The highest BCUT2D eigenvalue weighted by Gasteiger charge is 2.23. The number of carbonyl (C=O) groups excluding carboxylic acids is 1. The second-order valence-electron chi connectivity index (χ2n) is 8.25. The molecule has 1 amide bonds. The minimum absolute atomic E-state index is 0.0777. The van der Waals surface area contributed by atoms with Gasteiger partial charge in [-0.2, -0.15) is 0 Å². The molecule has 4 rings (SSSR count). The molecular weight excluding hydrogens is 412 g/mol. The molecule has 164 valence electrons. The summed E-state index contributed by atoms with van der Waals surface area (Å²) >= 11 is 0. The van der Waals surface area contributed by atoms with Gasteiger partial charge in [0.2, 0.25) is 5.91 Å². The summed E-state index contributed by atoms with van der Waals surface area (Å²) in [6, 6.07) is 12.7. The number of amides is 1. The van der Waals surface area contributed by atoms with Crippen molar-refractivity contribution in [2.24, 2.45) is 0 Å². The van der Waals surface area contributed by atoms with Crippen LogP contribution in [0.1, 0.15) is 25.1 Å². The largest absolute Gasteiger partial charge is 0.340 e. The molecule has 1 aliphatic rings. The maximum atomic E-state index is 12.7. The van der Waals surface area contributed by atoms with Crippen LogP contribution in [0.25, 0.3) is 5.65 Å². The van der Waals surface area contributed by atoms with Gasteiger partial charge in [0.25, 0.3) is 0 Å². The summed E-state index contributed by atoms with van der Waals surface area (Å²) < 4.78 is 26.6. The Morgan fingerprint density at radius 2 is 1.74 bits per heavy atom. The number of pyridine rings is 1. The minimum atomic E-state index is -3.29. The first-order valence-corrected chi connectivity index (χ1v) is 12.1. The second kappa shape index (κ2) is 8.80. The number of benzene rings is 1. The molecule has 7 nitrogen and oxygen atoms in total. The topological polar surface area (TPSA) is 75.0 Å². The summed E-state index contributed by atoms with van der Waals surface area (Å²) in [6.07, 6.45) is 4.22. The summed E-state index contributed by atoms with van der Waals surface area (Å²) in [5.74, 6) is 0.0777. The van der Waals surface area contributed by atoms with Crippen LogP contribution < -0.4 is 0 Å². The van der Waals surface area contributed by atoms with Crippen molar-refractivity contribution in [2.75, 3.05) is 26.2 Å². The Morgan fingerprint density at radius 3 is 2.42 bits per heavy atom. The maximum Gasteiger partial charge on any atom is 0.227 e.